The van der Waals surface area contributed by atoms with Crippen LogP contribution >= 0.6 is 23.2 Å². The Bertz CT molecular complexity index is 2240. The smallest absolute Gasteiger partial charge is 0.259 e. The van der Waals surface area contributed by atoms with Crippen LogP contribution in [0, 0.1) is 5.82 Å². The van der Waals surface area contributed by atoms with E-state index in [0.29, 0.717) is 58.9 Å². The van der Waals surface area contributed by atoms with Gasteiger partial charge in [-0.1, -0.05) is 29.3 Å². The van der Waals surface area contributed by atoms with Gasteiger partial charge in [-0.05, 0) is 81.0 Å². The molecule has 1 amide bonds. The van der Waals surface area contributed by atoms with Crippen molar-refractivity contribution in [2.75, 3.05) is 50.8 Å². The lowest BCUT2D eigenvalue weighted by Crippen LogP contribution is -2.49. The predicted octanol–water partition coefficient (Wildman–Crippen LogP) is 6.30. The standard InChI is InChI=1S/C37H37Cl2FN4O6S/c1-37(21-23-3-7-28(38)29(39)17-23)9-2-10-44(37)36(46)27-22-43(24-4-5-24)31-20-32(30(40)19-26(31)35(27)45)41-11-13-42(14-12-41)51(47,48)25-6-8-33-34(18-25)50-16-15-49-33/h3,6-8,17-20,22,24H,2,4-5,9-16,21H2,1H3. The Balaban J connectivity index is 1.06. The summed E-state index contributed by atoms with van der Waals surface area (Å²) in [6, 6.07) is 13.0. The molecule has 0 spiro atoms. The fourth-order valence-electron chi connectivity index (χ4n) is 7.70. The molecule has 4 aliphatic rings. The van der Waals surface area contributed by atoms with Crippen LogP contribution in [0.2, 0.25) is 10.0 Å². The zero-order valence-electron chi connectivity index (χ0n) is 28.0. The Kier molecular flexibility index (Phi) is 8.72. The van der Waals surface area contributed by atoms with Gasteiger partial charge >= 0.3 is 0 Å². The molecule has 0 bridgehead atoms. The van der Waals surface area contributed by atoms with Crippen LogP contribution in [0.15, 0.2) is 64.4 Å². The fraction of sp³-hybridized carbons (Fsp3) is 0.405. The fourth-order valence-corrected chi connectivity index (χ4v) is 9.46. The number of ether oxygens (including phenoxy) is 2. The molecule has 4 aromatic rings. The number of hydrogen-bond acceptors (Lipinski definition) is 7. The minimum Gasteiger partial charge on any atom is -0.486 e. The topological polar surface area (TPSA) is 101 Å². The second-order valence-electron chi connectivity index (χ2n) is 14.0. The first-order chi connectivity index (χ1) is 24.4. The number of anilines is 1. The number of halogens is 3. The molecule has 268 valence electrons. The maximum Gasteiger partial charge on any atom is 0.259 e. The predicted molar refractivity (Wildman–Crippen MR) is 194 cm³/mol. The number of amides is 1. The average Bonchev–Trinajstić information content (AvgIpc) is 3.90. The summed E-state index contributed by atoms with van der Waals surface area (Å²) in [6.45, 7) is 4.07. The van der Waals surface area contributed by atoms with Gasteiger partial charge in [-0.25, -0.2) is 12.8 Å². The van der Waals surface area contributed by atoms with E-state index >= 15 is 4.39 Å². The molecule has 1 atom stereocenters. The molecule has 0 N–H and O–H groups in total. The number of aromatic nitrogens is 1. The summed E-state index contributed by atoms with van der Waals surface area (Å²) in [7, 11) is -3.83. The number of benzene rings is 3. The molecular formula is C37H37Cl2FN4O6S. The van der Waals surface area contributed by atoms with Gasteiger partial charge in [0.25, 0.3) is 5.91 Å². The van der Waals surface area contributed by atoms with Gasteiger partial charge in [0.2, 0.25) is 15.5 Å². The molecule has 1 unspecified atom stereocenters. The molecule has 3 aromatic carbocycles. The quantitative estimate of drug-likeness (QED) is 0.218. The van der Waals surface area contributed by atoms with Crippen LogP contribution in [0.3, 0.4) is 0 Å². The Labute approximate surface area is 305 Å². The maximum atomic E-state index is 16.0. The molecule has 10 nitrogen and oxygen atoms in total. The average molecular weight is 756 g/mol. The lowest BCUT2D eigenvalue weighted by atomic mass is 9.89. The number of hydrogen-bond donors (Lipinski definition) is 0. The highest BCUT2D eigenvalue weighted by Gasteiger charge is 2.41. The van der Waals surface area contributed by atoms with Crippen molar-refractivity contribution in [2.45, 2.75) is 55.5 Å². The van der Waals surface area contributed by atoms with E-state index < -0.39 is 26.8 Å². The first kappa shape index (κ1) is 34.3. The number of carbonyl (C=O) groups is 1. The van der Waals surface area contributed by atoms with Crippen molar-refractivity contribution in [2.24, 2.45) is 0 Å². The number of piperazine rings is 1. The van der Waals surface area contributed by atoms with Gasteiger partial charge in [0.15, 0.2) is 11.5 Å². The lowest BCUT2D eigenvalue weighted by molar-refractivity contribution is 0.0622. The van der Waals surface area contributed by atoms with Crippen LogP contribution in [-0.4, -0.2) is 79.6 Å². The lowest BCUT2D eigenvalue weighted by Gasteiger charge is -2.36. The van der Waals surface area contributed by atoms with Crippen LogP contribution in [0.4, 0.5) is 10.1 Å². The van der Waals surface area contributed by atoms with E-state index in [4.69, 9.17) is 32.7 Å². The third-order valence-corrected chi connectivity index (χ3v) is 13.2. The zero-order chi connectivity index (χ0) is 35.7. The van der Waals surface area contributed by atoms with Crippen LogP contribution in [0.5, 0.6) is 11.5 Å². The molecule has 51 heavy (non-hydrogen) atoms. The SMILES string of the molecule is CC1(Cc2ccc(Cl)c(Cl)c2)CCCN1C(=O)c1cn(C2CC2)c2cc(N3CCN(S(=O)(=O)c4ccc5c(c4)OCCO5)CC3)c(F)cc2c1=O. The van der Waals surface area contributed by atoms with E-state index in [1.807, 2.05) is 28.5 Å². The van der Waals surface area contributed by atoms with Crippen LogP contribution in [-0.2, 0) is 16.4 Å². The molecule has 3 aliphatic heterocycles. The summed E-state index contributed by atoms with van der Waals surface area (Å²) in [6.07, 6.45) is 5.51. The number of fused-ring (bicyclic) bond motifs is 2. The van der Waals surface area contributed by atoms with Gasteiger partial charge in [0, 0.05) is 62.0 Å². The van der Waals surface area contributed by atoms with Crippen molar-refractivity contribution >= 4 is 55.7 Å². The number of rotatable bonds is 7. The Morgan fingerprint density at radius 2 is 1.69 bits per heavy atom. The molecule has 8 rings (SSSR count). The highest BCUT2D eigenvalue weighted by Crippen LogP contribution is 2.40. The zero-order valence-corrected chi connectivity index (χ0v) is 30.4. The first-order valence-electron chi connectivity index (χ1n) is 17.2. The number of likely N-dealkylation sites (tertiary alicyclic amines) is 1. The second-order valence-corrected chi connectivity index (χ2v) is 16.8. The normalized spacial score (nSPS) is 21.0. The van der Waals surface area contributed by atoms with Crippen molar-refractivity contribution in [3.05, 3.63) is 91.9 Å². The second kappa shape index (κ2) is 13.0. The van der Waals surface area contributed by atoms with E-state index in [1.54, 1.807) is 29.3 Å². The van der Waals surface area contributed by atoms with E-state index in [0.717, 1.165) is 31.2 Å². The van der Waals surface area contributed by atoms with Gasteiger partial charge in [-0.15, -0.1) is 0 Å². The highest BCUT2D eigenvalue weighted by atomic mass is 35.5. The van der Waals surface area contributed by atoms with E-state index in [-0.39, 0.29) is 54.0 Å². The van der Waals surface area contributed by atoms with E-state index in [2.05, 4.69) is 0 Å². The van der Waals surface area contributed by atoms with Crippen molar-refractivity contribution in [3.63, 3.8) is 0 Å². The molecule has 4 heterocycles. The van der Waals surface area contributed by atoms with Crippen LogP contribution in [0.1, 0.15) is 54.6 Å². The summed E-state index contributed by atoms with van der Waals surface area (Å²) < 4.78 is 57.5. The molecule has 1 aliphatic carbocycles. The van der Waals surface area contributed by atoms with Crippen molar-refractivity contribution < 1.29 is 27.1 Å². The third kappa shape index (κ3) is 6.23. The molecule has 2 saturated heterocycles. The third-order valence-electron chi connectivity index (χ3n) is 10.6. The molecule has 0 radical (unpaired) electrons. The van der Waals surface area contributed by atoms with Crippen molar-refractivity contribution in [3.8, 4) is 11.5 Å². The molecule has 14 heteroatoms. The van der Waals surface area contributed by atoms with Crippen LogP contribution in [0.25, 0.3) is 10.9 Å². The highest BCUT2D eigenvalue weighted by molar-refractivity contribution is 7.89. The Morgan fingerprint density at radius 1 is 0.941 bits per heavy atom. The van der Waals surface area contributed by atoms with Gasteiger partial charge in [-0.3, -0.25) is 9.59 Å². The molecule has 3 fully saturated rings. The van der Waals surface area contributed by atoms with Gasteiger partial charge in [0.1, 0.15) is 24.6 Å². The van der Waals surface area contributed by atoms with Gasteiger partial charge in [0.05, 0.1) is 26.1 Å². The van der Waals surface area contributed by atoms with E-state index in [1.165, 1.54) is 22.5 Å². The minimum atomic E-state index is -3.83. The van der Waals surface area contributed by atoms with Gasteiger partial charge < -0.3 is 23.8 Å². The first-order valence-corrected chi connectivity index (χ1v) is 19.4. The maximum absolute atomic E-state index is 16.0. The number of nitrogens with zero attached hydrogens (tertiary/aromatic N) is 4. The molecule has 1 saturated carbocycles. The van der Waals surface area contributed by atoms with E-state index in [9.17, 15) is 18.0 Å². The summed E-state index contributed by atoms with van der Waals surface area (Å²) in [5, 5.41) is 1.06. The molecular weight excluding hydrogens is 718 g/mol. The molecule has 1 aromatic heterocycles. The van der Waals surface area contributed by atoms with Crippen molar-refractivity contribution in [1.82, 2.24) is 13.8 Å². The number of sulfonamides is 1. The summed E-state index contributed by atoms with van der Waals surface area (Å²) in [4.78, 5) is 31.9. The summed E-state index contributed by atoms with van der Waals surface area (Å²) >= 11 is 12.4. The summed E-state index contributed by atoms with van der Waals surface area (Å²) in [5.41, 5.74) is 0.768. The van der Waals surface area contributed by atoms with Crippen molar-refractivity contribution in [1.29, 1.82) is 0 Å². The monoisotopic (exact) mass is 754 g/mol. The number of pyridine rings is 1. The van der Waals surface area contributed by atoms with Crippen LogP contribution < -0.4 is 19.8 Å². The summed E-state index contributed by atoms with van der Waals surface area (Å²) in [5.74, 6) is -0.0626. The Morgan fingerprint density at radius 3 is 2.41 bits per heavy atom. The largest absolute Gasteiger partial charge is 0.486 e. The Hall–Kier alpha value is -3.84. The minimum absolute atomic E-state index is 0.0294. The number of carbonyl (C=O) groups excluding carboxylic acids is 1. The van der Waals surface area contributed by atoms with Gasteiger partial charge in [-0.2, -0.15) is 4.31 Å².